The van der Waals surface area contributed by atoms with Crippen LogP contribution in [0.15, 0.2) is 48.7 Å². The first-order valence-electron chi connectivity index (χ1n) is 12.6. The number of rotatable bonds is 9. The third kappa shape index (κ3) is 5.73. The lowest BCUT2D eigenvalue weighted by atomic mass is 9.88. The number of aromatic amines is 1. The quantitative estimate of drug-likeness (QED) is 0.361. The first-order valence-corrected chi connectivity index (χ1v) is 12.6. The van der Waals surface area contributed by atoms with Crippen molar-refractivity contribution in [3.63, 3.8) is 0 Å². The number of H-pyrrole nitrogens is 1. The normalized spacial score (nSPS) is 15.9. The van der Waals surface area contributed by atoms with Crippen LogP contribution in [0, 0.1) is 0 Å². The van der Waals surface area contributed by atoms with Gasteiger partial charge >= 0.3 is 6.09 Å². The van der Waals surface area contributed by atoms with Crippen molar-refractivity contribution in [1.82, 2.24) is 9.88 Å². The Balaban J connectivity index is 1.42. The average Bonchev–Trinajstić information content (AvgIpc) is 3.27. The number of ether oxygens (including phenoxy) is 2. The van der Waals surface area contributed by atoms with Crippen LogP contribution in [0.5, 0.6) is 11.5 Å². The molecule has 0 saturated carbocycles. The molecule has 6 heteroatoms. The number of amides is 1. The van der Waals surface area contributed by atoms with Crippen molar-refractivity contribution >= 4 is 22.7 Å². The molecule has 6 nitrogen and oxygen atoms in total. The van der Waals surface area contributed by atoms with Crippen LogP contribution in [-0.4, -0.2) is 41.7 Å². The molecule has 2 aromatic carbocycles. The highest BCUT2D eigenvalue weighted by Crippen LogP contribution is 2.35. The van der Waals surface area contributed by atoms with Crippen molar-refractivity contribution in [1.29, 1.82) is 0 Å². The van der Waals surface area contributed by atoms with Crippen LogP contribution < -0.4 is 14.8 Å². The Morgan fingerprint density at radius 1 is 1.12 bits per heavy atom. The van der Waals surface area contributed by atoms with E-state index < -0.39 is 6.09 Å². The van der Waals surface area contributed by atoms with Gasteiger partial charge in [0, 0.05) is 28.8 Å². The van der Waals surface area contributed by atoms with Gasteiger partial charge in [0.1, 0.15) is 0 Å². The first-order chi connectivity index (χ1) is 16.6. The van der Waals surface area contributed by atoms with Gasteiger partial charge in [-0.25, -0.2) is 4.79 Å². The number of carbonyl (C=O) groups is 1. The van der Waals surface area contributed by atoms with Gasteiger partial charge in [0.15, 0.2) is 11.5 Å². The maximum absolute atomic E-state index is 12.6. The fraction of sp³-hybridized carbons (Fsp3) is 0.464. The van der Waals surface area contributed by atoms with Gasteiger partial charge in [-0.05, 0) is 87.5 Å². The van der Waals surface area contributed by atoms with Crippen molar-refractivity contribution < 1.29 is 14.3 Å². The molecule has 0 bridgehead atoms. The zero-order valence-electron chi connectivity index (χ0n) is 20.6. The number of aromatic nitrogens is 1. The highest BCUT2D eigenvalue weighted by Gasteiger charge is 2.25. The van der Waals surface area contributed by atoms with Crippen molar-refractivity contribution in [3.8, 4) is 11.5 Å². The van der Waals surface area contributed by atoms with Crippen LogP contribution >= 0.6 is 0 Å². The molecular weight excluding hydrogens is 426 g/mol. The number of anilines is 1. The molecule has 1 saturated heterocycles. The van der Waals surface area contributed by atoms with Crippen LogP contribution in [0.3, 0.4) is 0 Å². The number of nitrogens with one attached hydrogen (secondary N) is 2. The molecule has 2 heterocycles. The summed E-state index contributed by atoms with van der Waals surface area (Å²) in [4.78, 5) is 18.7. The van der Waals surface area contributed by atoms with Gasteiger partial charge in [0.2, 0.25) is 0 Å². The van der Waals surface area contributed by atoms with Crippen molar-refractivity contribution in [2.75, 3.05) is 25.0 Å². The Hall–Kier alpha value is -2.99. The summed E-state index contributed by atoms with van der Waals surface area (Å²) in [5.41, 5.74) is 3.15. The van der Waals surface area contributed by atoms with E-state index in [0.29, 0.717) is 30.1 Å². The molecule has 1 atom stereocenters. The highest BCUT2D eigenvalue weighted by molar-refractivity contribution is 5.92. The van der Waals surface area contributed by atoms with Gasteiger partial charge in [0.05, 0.1) is 6.61 Å². The average molecular weight is 464 g/mol. The van der Waals surface area contributed by atoms with Crippen molar-refractivity contribution in [3.05, 3.63) is 54.2 Å². The van der Waals surface area contributed by atoms with E-state index in [-0.39, 0.29) is 0 Å². The predicted molar refractivity (Wildman–Crippen MR) is 138 cm³/mol. The van der Waals surface area contributed by atoms with E-state index in [1.54, 1.807) is 6.07 Å². The Morgan fingerprint density at radius 3 is 2.62 bits per heavy atom. The topological polar surface area (TPSA) is 66.6 Å². The van der Waals surface area contributed by atoms with E-state index >= 15 is 0 Å². The lowest BCUT2D eigenvalue weighted by Gasteiger charge is -2.36. The molecule has 0 spiro atoms. The Labute approximate surface area is 202 Å². The molecule has 0 radical (unpaired) electrons. The third-order valence-corrected chi connectivity index (χ3v) is 6.77. The van der Waals surface area contributed by atoms with Gasteiger partial charge in [-0.15, -0.1) is 0 Å². The third-order valence-electron chi connectivity index (χ3n) is 6.77. The second kappa shape index (κ2) is 11.4. The van der Waals surface area contributed by atoms with Crippen LogP contribution in [0.4, 0.5) is 10.5 Å². The molecule has 1 fully saturated rings. The van der Waals surface area contributed by atoms with E-state index in [0.717, 1.165) is 43.6 Å². The monoisotopic (exact) mass is 463 g/mol. The number of hydrogen-bond donors (Lipinski definition) is 2. The van der Waals surface area contributed by atoms with Crippen LogP contribution in [0.25, 0.3) is 10.9 Å². The van der Waals surface area contributed by atoms with Gasteiger partial charge < -0.3 is 19.4 Å². The Kier molecular flexibility index (Phi) is 8.12. The molecule has 4 rings (SSSR count). The molecular formula is C28H37N3O3. The van der Waals surface area contributed by atoms with Crippen LogP contribution in [0.2, 0.25) is 0 Å². The number of para-hydroxylation sites is 2. The number of piperidine rings is 1. The van der Waals surface area contributed by atoms with Crippen molar-refractivity contribution in [2.24, 2.45) is 0 Å². The first kappa shape index (κ1) is 24.1. The molecule has 3 aromatic rings. The maximum atomic E-state index is 12.6. The summed E-state index contributed by atoms with van der Waals surface area (Å²) in [6, 6.07) is 13.9. The number of carbonyl (C=O) groups excluding carboxylic acids is 1. The van der Waals surface area contributed by atoms with E-state index in [9.17, 15) is 4.79 Å². The molecule has 1 unspecified atom stereocenters. The lowest BCUT2D eigenvalue weighted by Crippen LogP contribution is -2.39. The van der Waals surface area contributed by atoms with Crippen LogP contribution in [0.1, 0.15) is 64.4 Å². The summed E-state index contributed by atoms with van der Waals surface area (Å²) >= 11 is 0. The number of nitrogens with zero attached hydrogens (tertiary/aromatic N) is 1. The minimum absolute atomic E-state index is 0.418. The fourth-order valence-corrected chi connectivity index (χ4v) is 4.92. The highest BCUT2D eigenvalue weighted by atomic mass is 16.6. The maximum Gasteiger partial charge on any atom is 0.417 e. The SMILES string of the molecule is CCCOc1ccccc1OC(=O)Nc1ccc2[nH]cc(C3CCN(C(C)CCC)CC3)c2c1. The molecule has 1 aliphatic heterocycles. The van der Waals surface area contributed by atoms with Gasteiger partial charge in [0.25, 0.3) is 0 Å². The fourth-order valence-electron chi connectivity index (χ4n) is 4.92. The number of fused-ring (bicyclic) bond motifs is 1. The molecule has 1 aliphatic rings. The second-order valence-electron chi connectivity index (χ2n) is 9.26. The lowest BCUT2D eigenvalue weighted by molar-refractivity contribution is 0.155. The largest absolute Gasteiger partial charge is 0.490 e. The molecule has 0 aliphatic carbocycles. The Bertz CT molecular complexity index is 1090. The summed E-state index contributed by atoms with van der Waals surface area (Å²) in [5, 5.41) is 4.05. The summed E-state index contributed by atoms with van der Waals surface area (Å²) in [5.74, 6) is 1.52. The second-order valence-corrected chi connectivity index (χ2v) is 9.26. The van der Waals surface area contributed by atoms with E-state index in [1.807, 2.05) is 43.3 Å². The van der Waals surface area contributed by atoms with E-state index in [2.05, 4.69) is 35.2 Å². The molecule has 182 valence electrons. The zero-order chi connectivity index (χ0) is 23.9. The number of benzene rings is 2. The predicted octanol–water partition coefficient (Wildman–Crippen LogP) is 6.94. The van der Waals surface area contributed by atoms with Gasteiger partial charge in [-0.1, -0.05) is 32.4 Å². The Morgan fingerprint density at radius 2 is 1.88 bits per heavy atom. The van der Waals surface area contributed by atoms with Crippen LogP contribution in [-0.2, 0) is 0 Å². The summed E-state index contributed by atoms with van der Waals surface area (Å²) in [7, 11) is 0. The standard InChI is InChI=1S/C28H37N3O3/c1-4-8-20(3)31-15-13-21(14-16-31)24-19-29-25-12-11-22(18-23(24)25)30-28(32)34-27-10-7-6-9-26(27)33-17-5-2/h6-7,9-12,18-21,29H,4-5,8,13-17H2,1-3H3,(H,30,32). The molecule has 1 amide bonds. The molecule has 34 heavy (non-hydrogen) atoms. The minimum Gasteiger partial charge on any atom is -0.490 e. The smallest absolute Gasteiger partial charge is 0.417 e. The summed E-state index contributed by atoms with van der Waals surface area (Å²) in [6.45, 7) is 9.50. The summed E-state index contributed by atoms with van der Waals surface area (Å²) in [6.07, 6.45) is 7.32. The van der Waals surface area contributed by atoms with E-state index in [4.69, 9.17) is 9.47 Å². The van der Waals surface area contributed by atoms with E-state index in [1.165, 1.54) is 23.8 Å². The summed E-state index contributed by atoms with van der Waals surface area (Å²) < 4.78 is 11.2. The van der Waals surface area contributed by atoms with Gasteiger partial charge in [-0.2, -0.15) is 0 Å². The van der Waals surface area contributed by atoms with Crippen molar-refractivity contribution in [2.45, 2.75) is 64.8 Å². The minimum atomic E-state index is -0.526. The number of hydrogen-bond acceptors (Lipinski definition) is 4. The van der Waals surface area contributed by atoms with Gasteiger partial charge in [-0.3, -0.25) is 5.32 Å². The molecule has 1 aromatic heterocycles. The zero-order valence-corrected chi connectivity index (χ0v) is 20.6. The number of likely N-dealkylation sites (tertiary alicyclic amines) is 1. The molecule has 2 N–H and O–H groups in total.